The molecular formula is C29H33F4P. The minimum atomic E-state index is -1.71. The third kappa shape index (κ3) is 4.06. The molecule has 0 saturated heterocycles. The lowest BCUT2D eigenvalue weighted by atomic mass is 9.74. The Bertz CT molecular complexity index is 1130. The average Bonchev–Trinajstić information content (AvgIpc) is 3.00. The monoisotopic (exact) mass is 488 g/mol. The molecular weight excluding hydrogens is 455 g/mol. The zero-order valence-electron chi connectivity index (χ0n) is 20.7. The molecule has 34 heavy (non-hydrogen) atoms. The normalized spacial score (nSPS) is 19.8. The molecule has 2 aliphatic carbocycles. The van der Waals surface area contributed by atoms with Crippen LogP contribution in [0, 0.1) is 28.7 Å². The van der Waals surface area contributed by atoms with Gasteiger partial charge in [0.05, 0.1) is 0 Å². The maximum Gasteiger partial charge on any atom is 0.198 e. The number of halogens is 4. The van der Waals surface area contributed by atoms with E-state index in [0.717, 1.165) is 59.7 Å². The molecule has 2 aliphatic rings. The van der Waals surface area contributed by atoms with Crippen molar-refractivity contribution >= 4 is 18.5 Å². The van der Waals surface area contributed by atoms with E-state index in [1.807, 2.05) is 65.0 Å². The van der Waals surface area contributed by atoms with Crippen LogP contribution in [0.4, 0.5) is 17.6 Å². The highest BCUT2D eigenvalue weighted by Gasteiger charge is 2.41. The molecule has 0 heterocycles. The summed E-state index contributed by atoms with van der Waals surface area (Å²) in [6, 6.07) is 9.49. The van der Waals surface area contributed by atoms with E-state index in [1.54, 1.807) is 0 Å². The fourth-order valence-corrected chi connectivity index (χ4v) is 9.02. The van der Waals surface area contributed by atoms with Gasteiger partial charge in [0.25, 0.3) is 0 Å². The first kappa shape index (κ1) is 25.2. The van der Waals surface area contributed by atoms with Crippen molar-refractivity contribution in [1.29, 1.82) is 0 Å². The number of allylic oxidation sites excluding steroid dienone is 4. The predicted octanol–water partition coefficient (Wildman–Crippen LogP) is 8.24. The summed E-state index contributed by atoms with van der Waals surface area (Å²) in [4.78, 5) is 0. The van der Waals surface area contributed by atoms with E-state index in [-0.39, 0.29) is 22.9 Å². The Morgan fingerprint density at radius 3 is 1.85 bits per heavy atom. The first-order valence-corrected chi connectivity index (χ1v) is 13.6. The van der Waals surface area contributed by atoms with E-state index >= 15 is 8.78 Å². The number of hydrogen-bond acceptors (Lipinski definition) is 0. The third-order valence-electron chi connectivity index (χ3n) is 8.43. The molecule has 0 radical (unpaired) electrons. The number of rotatable bonds is 5. The van der Waals surface area contributed by atoms with Gasteiger partial charge >= 0.3 is 0 Å². The van der Waals surface area contributed by atoms with Crippen LogP contribution < -0.4 is 10.6 Å². The highest BCUT2D eigenvalue weighted by Crippen LogP contribution is 2.52. The fraction of sp³-hybridized carbons (Fsp3) is 0.448. The fourth-order valence-electron chi connectivity index (χ4n) is 5.82. The molecule has 4 rings (SSSR count). The Morgan fingerprint density at radius 2 is 1.29 bits per heavy atom. The Kier molecular flexibility index (Phi) is 7.11. The number of hydrogen-bond donors (Lipinski definition) is 0. The summed E-state index contributed by atoms with van der Waals surface area (Å²) in [6.07, 6.45) is 5.01. The second kappa shape index (κ2) is 9.61. The molecule has 0 bridgehead atoms. The standard InChI is InChI=1S/C29H33F4P/c1-17-18(2)20(4)29(5,19(17)3)16-23-24(30)25(31)26(32)27(33)28(23)34(21-12-8-6-9-13-21)22-14-10-7-11-15-22/h6,8-9,12-13,22H,7,10-11,14-16H2,1-5H3. The van der Waals surface area contributed by atoms with Crippen LogP contribution in [0.25, 0.3) is 0 Å². The molecule has 0 amide bonds. The molecule has 0 aliphatic heterocycles. The van der Waals surface area contributed by atoms with Gasteiger partial charge in [0, 0.05) is 16.3 Å². The summed E-state index contributed by atoms with van der Waals surface area (Å²) in [5.41, 5.74) is 3.92. The minimum absolute atomic E-state index is 0.000590. The molecule has 2 aromatic rings. The van der Waals surface area contributed by atoms with Gasteiger partial charge in [-0.2, -0.15) is 0 Å². The van der Waals surface area contributed by atoms with Crippen LogP contribution in [0.2, 0.25) is 0 Å². The van der Waals surface area contributed by atoms with Crippen molar-refractivity contribution in [3.05, 3.63) is 81.5 Å². The van der Waals surface area contributed by atoms with Crippen molar-refractivity contribution < 1.29 is 17.6 Å². The van der Waals surface area contributed by atoms with E-state index in [1.165, 1.54) is 0 Å². The van der Waals surface area contributed by atoms with Crippen molar-refractivity contribution in [2.75, 3.05) is 0 Å². The molecule has 1 atom stereocenters. The molecule has 1 saturated carbocycles. The highest BCUT2D eigenvalue weighted by molar-refractivity contribution is 7.73. The summed E-state index contributed by atoms with van der Waals surface area (Å²) < 4.78 is 60.8. The second-order valence-corrected chi connectivity index (χ2v) is 12.5. The van der Waals surface area contributed by atoms with Gasteiger partial charge < -0.3 is 0 Å². The lowest BCUT2D eigenvalue weighted by Crippen LogP contribution is -2.33. The third-order valence-corrected chi connectivity index (χ3v) is 11.5. The molecule has 182 valence electrons. The summed E-state index contributed by atoms with van der Waals surface area (Å²) in [7, 11) is -1.40. The van der Waals surface area contributed by atoms with Crippen LogP contribution in [0.3, 0.4) is 0 Å². The molecule has 0 spiro atoms. The van der Waals surface area contributed by atoms with Gasteiger partial charge in [-0.3, -0.25) is 0 Å². The van der Waals surface area contributed by atoms with Gasteiger partial charge in [0.2, 0.25) is 0 Å². The van der Waals surface area contributed by atoms with Crippen molar-refractivity contribution in [3.63, 3.8) is 0 Å². The number of benzene rings is 2. The molecule has 2 aromatic carbocycles. The van der Waals surface area contributed by atoms with Crippen LogP contribution in [0.5, 0.6) is 0 Å². The molecule has 5 heteroatoms. The van der Waals surface area contributed by atoms with Gasteiger partial charge in [-0.1, -0.05) is 67.7 Å². The zero-order valence-corrected chi connectivity index (χ0v) is 21.6. The van der Waals surface area contributed by atoms with E-state index in [2.05, 4.69) is 0 Å². The quantitative estimate of drug-likeness (QED) is 0.172. The lowest BCUT2D eigenvalue weighted by Gasteiger charge is -2.36. The predicted molar refractivity (Wildman–Crippen MR) is 134 cm³/mol. The summed E-state index contributed by atoms with van der Waals surface area (Å²) in [5.74, 6) is -5.86. The van der Waals surface area contributed by atoms with Crippen LogP contribution in [0.1, 0.15) is 72.3 Å². The second-order valence-electron chi connectivity index (χ2n) is 10.1. The Labute approximate surface area is 201 Å². The van der Waals surface area contributed by atoms with Crippen LogP contribution in [-0.4, -0.2) is 5.66 Å². The van der Waals surface area contributed by atoms with Crippen LogP contribution >= 0.6 is 7.92 Å². The zero-order chi connectivity index (χ0) is 24.8. The van der Waals surface area contributed by atoms with Gasteiger partial charge in [-0.05, 0) is 77.0 Å². The molecule has 1 fully saturated rings. The smallest absolute Gasteiger partial charge is 0.198 e. The van der Waals surface area contributed by atoms with Gasteiger partial charge in [0.15, 0.2) is 23.3 Å². The first-order valence-electron chi connectivity index (χ1n) is 12.1. The topological polar surface area (TPSA) is 0 Å². The summed E-state index contributed by atoms with van der Waals surface area (Å²) >= 11 is 0. The van der Waals surface area contributed by atoms with Gasteiger partial charge in [0.1, 0.15) is 0 Å². The maximum atomic E-state index is 15.8. The largest absolute Gasteiger partial charge is 0.203 e. The van der Waals surface area contributed by atoms with E-state index in [4.69, 9.17) is 0 Å². The van der Waals surface area contributed by atoms with E-state index in [9.17, 15) is 8.78 Å². The van der Waals surface area contributed by atoms with E-state index < -0.39 is 36.6 Å². The summed E-state index contributed by atoms with van der Waals surface area (Å²) in [5, 5.41) is 0.951. The molecule has 0 aromatic heterocycles. The Hall–Kier alpha value is -1.93. The van der Waals surface area contributed by atoms with Crippen molar-refractivity contribution in [2.45, 2.75) is 78.8 Å². The van der Waals surface area contributed by atoms with Crippen molar-refractivity contribution in [1.82, 2.24) is 0 Å². The molecule has 1 unspecified atom stereocenters. The first-order chi connectivity index (χ1) is 16.1. The van der Waals surface area contributed by atoms with Gasteiger partial charge in [-0.25, -0.2) is 17.6 Å². The van der Waals surface area contributed by atoms with Crippen molar-refractivity contribution in [3.8, 4) is 0 Å². The maximum absolute atomic E-state index is 15.8. The SMILES string of the molecule is CC1=C(C)C(C)(Cc2c(F)c(F)c(F)c(F)c2P(c2ccccc2)C2CCCCC2)C(C)=C1C. The lowest BCUT2D eigenvalue weighted by molar-refractivity contribution is 0.396. The van der Waals surface area contributed by atoms with Crippen LogP contribution in [-0.2, 0) is 6.42 Å². The Balaban J connectivity index is 1.97. The Morgan fingerprint density at radius 1 is 0.765 bits per heavy atom. The summed E-state index contributed by atoms with van der Waals surface area (Å²) in [6.45, 7) is 10.1. The molecule has 0 N–H and O–H groups in total. The average molecular weight is 489 g/mol. The van der Waals surface area contributed by atoms with Gasteiger partial charge in [-0.15, -0.1) is 0 Å². The van der Waals surface area contributed by atoms with Crippen LogP contribution in [0.15, 0.2) is 52.6 Å². The minimum Gasteiger partial charge on any atom is -0.203 e. The highest BCUT2D eigenvalue weighted by atomic mass is 31.1. The van der Waals surface area contributed by atoms with E-state index in [0.29, 0.717) is 0 Å². The van der Waals surface area contributed by atoms with Crippen molar-refractivity contribution in [2.24, 2.45) is 5.41 Å². The molecule has 0 nitrogen and oxygen atoms in total.